The zero-order valence-corrected chi connectivity index (χ0v) is 14.1. The van der Waals surface area contributed by atoms with Crippen LogP contribution in [0.3, 0.4) is 0 Å². The fourth-order valence-electron chi connectivity index (χ4n) is 2.23. The molecule has 0 unspecified atom stereocenters. The third-order valence-corrected chi connectivity index (χ3v) is 4.44. The largest absolute Gasteiger partial charge is 0.496 e. The Morgan fingerprint density at radius 2 is 1.91 bits per heavy atom. The van der Waals surface area contributed by atoms with Crippen LogP contribution in [0.1, 0.15) is 11.1 Å². The lowest BCUT2D eigenvalue weighted by Crippen LogP contribution is -2.15. The molecule has 6 heteroatoms. The van der Waals surface area contributed by atoms with Crippen LogP contribution in [-0.2, 0) is 21.1 Å². The predicted molar refractivity (Wildman–Crippen MR) is 89.6 cm³/mol. The Morgan fingerprint density at radius 3 is 2.57 bits per heavy atom. The van der Waals surface area contributed by atoms with Crippen molar-refractivity contribution in [1.29, 1.82) is 0 Å². The molecular formula is C17H19NO4S. The van der Waals surface area contributed by atoms with Crippen molar-refractivity contribution in [3.8, 4) is 5.75 Å². The molecule has 0 aliphatic heterocycles. The van der Waals surface area contributed by atoms with Crippen LogP contribution in [0.5, 0.6) is 5.75 Å². The van der Waals surface area contributed by atoms with Gasteiger partial charge in [-0.1, -0.05) is 23.8 Å². The van der Waals surface area contributed by atoms with Crippen LogP contribution in [0.4, 0.5) is 5.69 Å². The number of nitrogens with one attached hydrogen (secondary N) is 1. The van der Waals surface area contributed by atoms with Gasteiger partial charge in [-0.2, -0.15) is 0 Å². The number of ether oxygens (including phenoxy) is 1. The van der Waals surface area contributed by atoms with E-state index in [0.717, 1.165) is 17.4 Å². The van der Waals surface area contributed by atoms with Crippen molar-refractivity contribution in [3.63, 3.8) is 0 Å². The molecule has 0 aromatic heterocycles. The number of benzene rings is 2. The van der Waals surface area contributed by atoms with Gasteiger partial charge in [0.05, 0.1) is 18.4 Å². The summed E-state index contributed by atoms with van der Waals surface area (Å²) in [4.78, 5) is 12.4. The molecule has 0 bridgehead atoms. The lowest BCUT2D eigenvalue weighted by atomic mass is 10.1. The van der Waals surface area contributed by atoms with Gasteiger partial charge in [-0.25, -0.2) is 8.42 Å². The van der Waals surface area contributed by atoms with Gasteiger partial charge in [-0.05, 0) is 31.2 Å². The maximum atomic E-state index is 12.2. The van der Waals surface area contributed by atoms with Gasteiger partial charge in [0.1, 0.15) is 5.75 Å². The van der Waals surface area contributed by atoms with E-state index in [1.165, 1.54) is 12.1 Å². The van der Waals surface area contributed by atoms with Gasteiger partial charge in [0.15, 0.2) is 9.84 Å². The quantitative estimate of drug-likeness (QED) is 0.913. The molecule has 0 saturated carbocycles. The van der Waals surface area contributed by atoms with E-state index in [9.17, 15) is 13.2 Å². The molecule has 0 saturated heterocycles. The molecule has 2 aromatic rings. The Bertz CT molecular complexity index is 828. The smallest absolute Gasteiger partial charge is 0.228 e. The highest BCUT2D eigenvalue weighted by molar-refractivity contribution is 7.90. The number of carbonyl (C=O) groups excluding carboxylic acids is 1. The van der Waals surface area contributed by atoms with Gasteiger partial charge in [0.25, 0.3) is 0 Å². The Morgan fingerprint density at radius 1 is 1.17 bits per heavy atom. The van der Waals surface area contributed by atoms with E-state index < -0.39 is 9.84 Å². The normalized spacial score (nSPS) is 11.1. The molecule has 0 aliphatic carbocycles. The fourth-order valence-corrected chi connectivity index (χ4v) is 2.89. The van der Waals surface area contributed by atoms with Crippen molar-refractivity contribution in [1.82, 2.24) is 0 Å². The highest BCUT2D eigenvalue weighted by Gasteiger charge is 2.11. The zero-order chi connectivity index (χ0) is 17.0. The van der Waals surface area contributed by atoms with Crippen LogP contribution in [0, 0.1) is 6.92 Å². The second kappa shape index (κ2) is 6.83. The van der Waals surface area contributed by atoms with E-state index in [4.69, 9.17) is 4.74 Å². The van der Waals surface area contributed by atoms with E-state index in [1.54, 1.807) is 19.2 Å². The van der Waals surface area contributed by atoms with E-state index in [0.29, 0.717) is 11.4 Å². The molecule has 23 heavy (non-hydrogen) atoms. The molecular weight excluding hydrogens is 314 g/mol. The lowest BCUT2D eigenvalue weighted by molar-refractivity contribution is -0.115. The van der Waals surface area contributed by atoms with Gasteiger partial charge < -0.3 is 10.1 Å². The van der Waals surface area contributed by atoms with E-state index >= 15 is 0 Å². The molecule has 0 heterocycles. The molecule has 0 aliphatic rings. The summed E-state index contributed by atoms with van der Waals surface area (Å²) in [6.45, 7) is 1.94. The van der Waals surface area contributed by atoms with Crippen molar-refractivity contribution < 1.29 is 17.9 Å². The summed E-state index contributed by atoms with van der Waals surface area (Å²) in [6.07, 6.45) is 1.28. The molecule has 2 aromatic carbocycles. The Labute approximate surface area is 136 Å². The maximum absolute atomic E-state index is 12.2. The molecule has 1 N–H and O–H groups in total. The summed E-state index contributed by atoms with van der Waals surface area (Å²) in [5, 5.41) is 2.71. The van der Waals surface area contributed by atoms with Gasteiger partial charge >= 0.3 is 0 Å². The number of anilines is 1. The zero-order valence-electron chi connectivity index (χ0n) is 13.3. The third kappa shape index (κ3) is 4.56. The van der Waals surface area contributed by atoms with Crippen molar-refractivity contribution in [2.45, 2.75) is 18.2 Å². The van der Waals surface area contributed by atoms with Crippen LogP contribution >= 0.6 is 0 Å². The summed E-state index contributed by atoms with van der Waals surface area (Å²) in [7, 11) is -1.75. The standard InChI is InChI=1S/C17H19NO4S/c1-12-7-8-16(22-2)13(9-12)10-17(19)18-14-5-4-6-15(11-14)23(3,20)21/h4-9,11H,10H2,1-3H3,(H,18,19). The summed E-state index contributed by atoms with van der Waals surface area (Å²) >= 11 is 0. The summed E-state index contributed by atoms with van der Waals surface area (Å²) < 4.78 is 28.4. The van der Waals surface area contributed by atoms with Crippen LogP contribution in [-0.4, -0.2) is 27.7 Å². The molecule has 1 amide bonds. The molecule has 2 rings (SSSR count). The molecule has 0 radical (unpaired) electrons. The first-order valence-electron chi connectivity index (χ1n) is 7.03. The molecule has 0 fully saturated rings. The lowest BCUT2D eigenvalue weighted by Gasteiger charge is -2.10. The van der Waals surface area contributed by atoms with E-state index in [1.807, 2.05) is 25.1 Å². The van der Waals surface area contributed by atoms with Gasteiger partial charge in [0.2, 0.25) is 5.91 Å². The topological polar surface area (TPSA) is 72.5 Å². The summed E-state index contributed by atoms with van der Waals surface area (Å²) in [5.41, 5.74) is 2.27. The Balaban J connectivity index is 2.16. The molecule has 122 valence electrons. The highest BCUT2D eigenvalue weighted by atomic mass is 32.2. The minimum atomic E-state index is -3.31. The number of aryl methyl sites for hydroxylation is 1. The second-order valence-electron chi connectivity index (χ2n) is 5.34. The SMILES string of the molecule is COc1ccc(C)cc1CC(=O)Nc1cccc(S(C)(=O)=O)c1. The third-order valence-electron chi connectivity index (χ3n) is 3.33. The monoisotopic (exact) mass is 333 g/mol. The van der Waals surface area contributed by atoms with Gasteiger partial charge in [-0.15, -0.1) is 0 Å². The minimum absolute atomic E-state index is 0.147. The van der Waals surface area contributed by atoms with Crippen LogP contribution < -0.4 is 10.1 Å². The number of methoxy groups -OCH3 is 1. The Kier molecular flexibility index (Phi) is 5.05. The number of hydrogen-bond donors (Lipinski definition) is 1. The first-order chi connectivity index (χ1) is 10.8. The van der Waals surface area contributed by atoms with Crippen LogP contribution in [0.15, 0.2) is 47.4 Å². The van der Waals surface area contributed by atoms with Crippen molar-refractivity contribution in [2.75, 3.05) is 18.7 Å². The average molecular weight is 333 g/mol. The molecule has 0 atom stereocenters. The van der Waals surface area contributed by atoms with Crippen molar-refractivity contribution in [3.05, 3.63) is 53.6 Å². The minimum Gasteiger partial charge on any atom is -0.496 e. The highest BCUT2D eigenvalue weighted by Crippen LogP contribution is 2.21. The van der Waals surface area contributed by atoms with Crippen LogP contribution in [0.25, 0.3) is 0 Å². The van der Waals surface area contributed by atoms with Gasteiger partial charge in [-0.3, -0.25) is 4.79 Å². The van der Waals surface area contributed by atoms with E-state index in [-0.39, 0.29) is 17.2 Å². The van der Waals surface area contributed by atoms with Crippen LogP contribution in [0.2, 0.25) is 0 Å². The predicted octanol–water partition coefficient (Wildman–Crippen LogP) is 2.59. The van der Waals surface area contributed by atoms with Crippen molar-refractivity contribution in [2.24, 2.45) is 0 Å². The number of sulfone groups is 1. The van der Waals surface area contributed by atoms with E-state index in [2.05, 4.69) is 5.32 Å². The van der Waals surface area contributed by atoms with Gasteiger partial charge in [0, 0.05) is 17.5 Å². The number of hydrogen-bond acceptors (Lipinski definition) is 4. The molecule has 5 nitrogen and oxygen atoms in total. The first kappa shape index (κ1) is 17.0. The second-order valence-corrected chi connectivity index (χ2v) is 7.36. The average Bonchev–Trinajstić information content (AvgIpc) is 2.46. The summed E-state index contributed by atoms with van der Waals surface area (Å²) in [6, 6.07) is 11.8. The molecule has 0 spiro atoms. The first-order valence-corrected chi connectivity index (χ1v) is 8.92. The number of rotatable bonds is 5. The maximum Gasteiger partial charge on any atom is 0.228 e. The Hall–Kier alpha value is -2.34. The number of carbonyl (C=O) groups is 1. The number of amides is 1. The van der Waals surface area contributed by atoms with Crippen molar-refractivity contribution >= 4 is 21.4 Å². The fraction of sp³-hybridized carbons (Fsp3) is 0.235. The summed E-state index contributed by atoms with van der Waals surface area (Å²) in [5.74, 6) is 0.412.